The van der Waals surface area contributed by atoms with Gasteiger partial charge in [0.05, 0.1) is 36.4 Å². The van der Waals surface area contributed by atoms with Gasteiger partial charge in [-0.05, 0) is 71.9 Å². The van der Waals surface area contributed by atoms with Crippen LogP contribution in [0.1, 0.15) is 71.9 Å². The van der Waals surface area contributed by atoms with E-state index in [9.17, 15) is 31.6 Å². The van der Waals surface area contributed by atoms with E-state index in [1.807, 2.05) is 0 Å². The van der Waals surface area contributed by atoms with Gasteiger partial charge in [0.15, 0.2) is 0 Å². The van der Waals surface area contributed by atoms with E-state index < -0.39 is 0 Å². The molecule has 0 spiro atoms. The number of nitrogens with zero attached hydrogens (tertiary/aromatic N) is 6. The molecule has 0 saturated carbocycles. The maximum absolute atomic E-state index is 9.18. The molecule has 1 aromatic rings. The van der Waals surface area contributed by atoms with Crippen molar-refractivity contribution in [2.45, 2.75) is 77.0 Å². The van der Waals surface area contributed by atoms with E-state index >= 15 is 0 Å². The Morgan fingerprint density at radius 1 is 0.300 bits per heavy atom. The van der Waals surface area contributed by atoms with Gasteiger partial charge in [0.1, 0.15) is 0 Å². The van der Waals surface area contributed by atoms with Gasteiger partial charge in [-0.1, -0.05) is 0 Å². The molecule has 0 saturated heterocycles. The Morgan fingerprint density at radius 2 is 0.433 bits per heavy atom. The third-order valence-corrected chi connectivity index (χ3v) is 5.11. The molecule has 6 heteroatoms. The summed E-state index contributed by atoms with van der Waals surface area (Å²) in [5.74, 6) is 0. The monoisotopic (exact) mass is 396 g/mol. The van der Waals surface area contributed by atoms with Crippen LogP contribution in [0, 0.1) is 68.0 Å². The van der Waals surface area contributed by atoms with Gasteiger partial charge in [-0.25, -0.2) is 0 Å². The van der Waals surface area contributed by atoms with Crippen LogP contribution in [0.3, 0.4) is 0 Å². The minimum atomic E-state index is 0.312. The van der Waals surface area contributed by atoms with Gasteiger partial charge in [0.2, 0.25) is 0 Å². The standard InChI is InChI=1S/C24H24N6/c25-13-1-7-19-20(8-2-14-26)22(10-4-16-28)24(12-6-18-30)23(11-5-17-29)21(19)9-3-15-27/h1-12H2. The molecule has 0 radical (unpaired) electrons. The molecule has 0 aliphatic heterocycles. The highest BCUT2D eigenvalue weighted by molar-refractivity contribution is 5.54. The fourth-order valence-electron chi connectivity index (χ4n) is 3.99. The van der Waals surface area contributed by atoms with E-state index in [-0.39, 0.29) is 0 Å². The highest BCUT2D eigenvalue weighted by Gasteiger charge is 2.22. The van der Waals surface area contributed by atoms with E-state index in [4.69, 9.17) is 0 Å². The summed E-state index contributed by atoms with van der Waals surface area (Å²) in [5.41, 5.74) is 5.94. The molecule has 1 aromatic carbocycles. The van der Waals surface area contributed by atoms with Crippen molar-refractivity contribution in [3.05, 3.63) is 33.4 Å². The second-order valence-electron chi connectivity index (χ2n) is 6.82. The number of benzene rings is 1. The summed E-state index contributed by atoms with van der Waals surface area (Å²) in [6.45, 7) is 0. The normalized spacial score (nSPS) is 9.40. The van der Waals surface area contributed by atoms with Crippen LogP contribution in [-0.2, 0) is 38.5 Å². The molecule has 30 heavy (non-hydrogen) atoms. The summed E-state index contributed by atoms with van der Waals surface area (Å²) in [4.78, 5) is 0. The van der Waals surface area contributed by atoms with Gasteiger partial charge in [0.25, 0.3) is 0 Å². The molecule has 150 valence electrons. The molecule has 0 heterocycles. The first-order chi connectivity index (χ1) is 14.7. The molecule has 0 N–H and O–H groups in total. The van der Waals surface area contributed by atoms with Gasteiger partial charge in [-0.2, -0.15) is 31.6 Å². The Morgan fingerprint density at radius 3 is 0.533 bits per heavy atom. The summed E-state index contributed by atoms with van der Waals surface area (Å²) in [6.07, 6.45) is 4.93. The van der Waals surface area contributed by atoms with Crippen LogP contribution in [0.15, 0.2) is 0 Å². The van der Waals surface area contributed by atoms with E-state index in [0.717, 1.165) is 33.4 Å². The first-order valence-corrected chi connectivity index (χ1v) is 10.1. The number of nitriles is 6. The van der Waals surface area contributed by atoms with Crippen LogP contribution in [-0.4, -0.2) is 0 Å². The van der Waals surface area contributed by atoms with Crippen LogP contribution in [0.25, 0.3) is 0 Å². The fourth-order valence-corrected chi connectivity index (χ4v) is 3.99. The van der Waals surface area contributed by atoms with Crippen molar-refractivity contribution in [3.63, 3.8) is 0 Å². The van der Waals surface area contributed by atoms with Gasteiger partial charge in [0, 0.05) is 38.5 Å². The summed E-state index contributed by atoms with van der Waals surface area (Å²) < 4.78 is 0. The zero-order valence-corrected chi connectivity index (χ0v) is 17.2. The predicted octanol–water partition coefficient (Wildman–Crippen LogP) is 4.42. The molecule has 0 bridgehead atoms. The molecule has 0 amide bonds. The summed E-state index contributed by atoms with van der Waals surface area (Å²) >= 11 is 0. The third-order valence-electron chi connectivity index (χ3n) is 5.11. The van der Waals surface area contributed by atoms with E-state index in [1.54, 1.807) is 0 Å². The second kappa shape index (κ2) is 14.2. The Bertz CT molecular complexity index is 751. The van der Waals surface area contributed by atoms with Crippen LogP contribution in [0.4, 0.5) is 0 Å². The van der Waals surface area contributed by atoms with Crippen molar-refractivity contribution in [2.75, 3.05) is 0 Å². The van der Waals surface area contributed by atoms with Gasteiger partial charge < -0.3 is 0 Å². The summed E-state index contributed by atoms with van der Waals surface area (Å²) in [5, 5.41) is 55.1. The van der Waals surface area contributed by atoms with Gasteiger partial charge in [-0.3, -0.25) is 0 Å². The molecule has 0 fully saturated rings. The molecule has 1 rings (SSSR count). The molecule has 6 nitrogen and oxygen atoms in total. The third kappa shape index (κ3) is 6.65. The minimum absolute atomic E-state index is 0.312. The lowest BCUT2D eigenvalue weighted by Gasteiger charge is -2.26. The van der Waals surface area contributed by atoms with Crippen LogP contribution in [0.2, 0.25) is 0 Å². The van der Waals surface area contributed by atoms with Crippen LogP contribution in [0.5, 0.6) is 0 Å². The number of hydrogen-bond donors (Lipinski definition) is 0. The number of hydrogen-bond acceptors (Lipinski definition) is 6. The average Bonchev–Trinajstić information content (AvgIpc) is 2.76. The van der Waals surface area contributed by atoms with Crippen molar-refractivity contribution in [1.29, 1.82) is 31.6 Å². The second-order valence-corrected chi connectivity index (χ2v) is 6.82. The lowest BCUT2D eigenvalue weighted by Crippen LogP contribution is -2.15. The molecule has 0 aliphatic rings. The fraction of sp³-hybridized carbons (Fsp3) is 0.500. The van der Waals surface area contributed by atoms with Crippen molar-refractivity contribution in [2.24, 2.45) is 0 Å². The van der Waals surface area contributed by atoms with Crippen LogP contribution < -0.4 is 0 Å². The van der Waals surface area contributed by atoms with E-state index in [1.165, 1.54) is 0 Å². The largest absolute Gasteiger partial charge is 0.198 e. The Labute approximate surface area is 178 Å². The molecule has 0 atom stereocenters. The smallest absolute Gasteiger partial charge is 0.0625 e. The quantitative estimate of drug-likeness (QED) is 0.511. The summed E-state index contributed by atoms with van der Waals surface area (Å²) in [6, 6.07) is 13.1. The molecular weight excluding hydrogens is 372 g/mol. The molecule has 0 unspecified atom stereocenters. The predicted molar refractivity (Wildman–Crippen MR) is 110 cm³/mol. The maximum atomic E-state index is 9.18. The Hall–Kier alpha value is -3.84. The van der Waals surface area contributed by atoms with Crippen molar-refractivity contribution >= 4 is 0 Å². The van der Waals surface area contributed by atoms with Gasteiger partial charge in [-0.15, -0.1) is 0 Å². The van der Waals surface area contributed by atoms with E-state index in [2.05, 4.69) is 36.4 Å². The molecular formula is C24H24N6. The Kier molecular flexibility index (Phi) is 11.5. The van der Waals surface area contributed by atoms with Crippen molar-refractivity contribution < 1.29 is 0 Å². The molecule has 0 aromatic heterocycles. The van der Waals surface area contributed by atoms with Crippen molar-refractivity contribution in [3.8, 4) is 36.4 Å². The lowest BCUT2D eigenvalue weighted by molar-refractivity contribution is 0.805. The lowest BCUT2D eigenvalue weighted by atomic mass is 9.78. The SMILES string of the molecule is N#CCCc1c(CCC#N)c(CCC#N)c(CCC#N)c(CCC#N)c1CCC#N. The Balaban J connectivity index is 3.91. The highest BCUT2D eigenvalue weighted by atomic mass is 14.3. The first kappa shape index (κ1) is 24.2. The molecule has 0 aliphatic carbocycles. The average molecular weight is 396 g/mol. The maximum Gasteiger partial charge on any atom is 0.0625 e. The zero-order valence-electron chi connectivity index (χ0n) is 17.2. The minimum Gasteiger partial charge on any atom is -0.198 e. The van der Waals surface area contributed by atoms with E-state index in [0.29, 0.717) is 77.0 Å². The first-order valence-electron chi connectivity index (χ1n) is 10.1. The van der Waals surface area contributed by atoms with Gasteiger partial charge >= 0.3 is 0 Å². The van der Waals surface area contributed by atoms with Crippen molar-refractivity contribution in [1.82, 2.24) is 0 Å². The summed E-state index contributed by atoms with van der Waals surface area (Å²) in [7, 11) is 0. The topological polar surface area (TPSA) is 143 Å². The highest BCUT2D eigenvalue weighted by Crippen LogP contribution is 2.34. The number of rotatable bonds is 12. The zero-order chi connectivity index (χ0) is 22.2. The van der Waals surface area contributed by atoms with Crippen LogP contribution >= 0.6 is 0 Å².